The summed E-state index contributed by atoms with van der Waals surface area (Å²) >= 11 is 0. The summed E-state index contributed by atoms with van der Waals surface area (Å²) in [7, 11) is 1.37. The average Bonchev–Trinajstić information content (AvgIpc) is 3.17. The molecule has 5 nitrogen and oxygen atoms in total. The molecule has 2 aliphatic rings. The number of fused-ring (bicyclic) bond motifs is 3. The maximum Gasteiger partial charge on any atom is 0.337 e. The number of benzene rings is 2. The van der Waals surface area contributed by atoms with Gasteiger partial charge in [-0.25, -0.2) is 4.79 Å². The molecule has 0 bridgehead atoms. The first-order valence-electron chi connectivity index (χ1n) is 9.01. The molecule has 0 saturated heterocycles. The minimum absolute atomic E-state index is 0.0766. The van der Waals surface area contributed by atoms with E-state index in [1.807, 2.05) is 30.3 Å². The highest BCUT2D eigenvalue weighted by atomic mass is 16.5. The zero-order valence-electron chi connectivity index (χ0n) is 15.0. The third-order valence-electron chi connectivity index (χ3n) is 5.47. The molecule has 4 rings (SSSR count). The van der Waals surface area contributed by atoms with Crippen molar-refractivity contribution in [3.05, 3.63) is 76.9 Å². The van der Waals surface area contributed by atoms with Gasteiger partial charge in [-0.05, 0) is 47.2 Å². The van der Waals surface area contributed by atoms with Gasteiger partial charge in [0.1, 0.15) is 0 Å². The van der Waals surface area contributed by atoms with Crippen LogP contribution in [-0.4, -0.2) is 19.0 Å². The number of anilines is 1. The fraction of sp³-hybridized carbons (Fsp3) is 0.273. The molecule has 0 aromatic heterocycles. The maximum absolute atomic E-state index is 11.7. The second kappa shape index (κ2) is 6.91. The lowest BCUT2D eigenvalue weighted by Gasteiger charge is -2.38. The second-order valence-corrected chi connectivity index (χ2v) is 7.06. The summed E-state index contributed by atoms with van der Waals surface area (Å²) in [6.45, 7) is 0. The molecular formula is C22H20NO4-. The van der Waals surface area contributed by atoms with Gasteiger partial charge in [0.05, 0.1) is 18.7 Å². The van der Waals surface area contributed by atoms with Gasteiger partial charge in [0.15, 0.2) is 0 Å². The van der Waals surface area contributed by atoms with Gasteiger partial charge in [-0.2, -0.15) is 0 Å². The Balaban J connectivity index is 1.66. The molecule has 1 heterocycles. The molecular weight excluding hydrogens is 342 g/mol. The Labute approximate surface area is 157 Å². The van der Waals surface area contributed by atoms with Crippen LogP contribution < -0.4 is 10.4 Å². The average molecular weight is 362 g/mol. The third-order valence-corrected chi connectivity index (χ3v) is 5.47. The summed E-state index contributed by atoms with van der Waals surface area (Å²) in [6, 6.07) is 13.4. The fourth-order valence-corrected chi connectivity index (χ4v) is 4.19. The number of carboxylic acid groups (broad SMARTS) is 1. The van der Waals surface area contributed by atoms with E-state index >= 15 is 0 Å². The van der Waals surface area contributed by atoms with Gasteiger partial charge >= 0.3 is 5.97 Å². The van der Waals surface area contributed by atoms with E-state index in [1.165, 1.54) is 7.11 Å². The van der Waals surface area contributed by atoms with Gasteiger partial charge in [0, 0.05) is 24.0 Å². The maximum atomic E-state index is 11.7. The molecule has 1 aliphatic carbocycles. The van der Waals surface area contributed by atoms with Crippen molar-refractivity contribution in [3.8, 4) is 0 Å². The van der Waals surface area contributed by atoms with Crippen LogP contribution in [0.2, 0.25) is 0 Å². The molecule has 0 amide bonds. The first-order chi connectivity index (χ1) is 13.1. The molecule has 0 fully saturated rings. The predicted octanol–water partition coefficient (Wildman–Crippen LogP) is 2.59. The highest BCUT2D eigenvalue weighted by Crippen LogP contribution is 2.49. The predicted molar refractivity (Wildman–Crippen MR) is 99.3 cm³/mol. The van der Waals surface area contributed by atoms with Crippen molar-refractivity contribution in [2.75, 3.05) is 12.4 Å². The highest BCUT2D eigenvalue weighted by molar-refractivity contribution is 5.89. The SMILES string of the molecule is COC(=O)c1ccc([C@@H]2Nc3ccc(CC(=O)[O-])cc3[C@@H]3C=CC[C@H]32)cc1. The number of hydrogen-bond acceptors (Lipinski definition) is 5. The lowest BCUT2D eigenvalue weighted by Crippen LogP contribution is -2.29. The standard InChI is InChI=1S/C22H21NO4/c1-27-22(26)15-8-6-14(7-9-15)21-17-4-2-3-16(17)18-11-13(12-20(24)25)5-10-19(18)23-21/h2-3,5-11,16-17,21,23H,4,12H2,1H3,(H,24,25)/p-1/t16-,17-,21+/m1/s1. The lowest BCUT2D eigenvalue weighted by molar-refractivity contribution is -0.304. The van der Waals surface area contributed by atoms with Gasteiger partial charge in [-0.3, -0.25) is 0 Å². The molecule has 0 spiro atoms. The molecule has 138 valence electrons. The number of carbonyl (C=O) groups excluding carboxylic acids is 2. The lowest BCUT2D eigenvalue weighted by atomic mass is 9.76. The summed E-state index contributed by atoms with van der Waals surface area (Å²) < 4.78 is 4.77. The Bertz CT molecular complexity index is 916. The van der Waals surface area contributed by atoms with Crippen LogP contribution in [0.5, 0.6) is 0 Å². The van der Waals surface area contributed by atoms with Crippen molar-refractivity contribution in [2.24, 2.45) is 5.92 Å². The number of methoxy groups -OCH3 is 1. The van der Waals surface area contributed by atoms with Gasteiger partial charge in [-0.15, -0.1) is 0 Å². The Morgan fingerprint density at radius 3 is 2.67 bits per heavy atom. The van der Waals surface area contributed by atoms with Crippen molar-refractivity contribution in [1.82, 2.24) is 0 Å². The Morgan fingerprint density at radius 1 is 1.19 bits per heavy atom. The first kappa shape index (κ1) is 17.3. The summed E-state index contributed by atoms with van der Waals surface area (Å²) in [5.74, 6) is -0.821. The molecule has 1 N–H and O–H groups in total. The number of nitrogens with one attached hydrogen (secondary N) is 1. The van der Waals surface area contributed by atoms with E-state index in [1.54, 1.807) is 12.1 Å². The van der Waals surface area contributed by atoms with Crippen LogP contribution in [0.1, 0.15) is 45.4 Å². The highest BCUT2D eigenvalue weighted by Gasteiger charge is 2.37. The van der Waals surface area contributed by atoms with Crippen LogP contribution in [0.25, 0.3) is 0 Å². The van der Waals surface area contributed by atoms with Crippen molar-refractivity contribution in [3.63, 3.8) is 0 Å². The molecule has 3 atom stereocenters. The van der Waals surface area contributed by atoms with E-state index in [4.69, 9.17) is 4.74 Å². The molecule has 0 saturated carbocycles. The molecule has 0 radical (unpaired) electrons. The largest absolute Gasteiger partial charge is 0.550 e. The summed E-state index contributed by atoms with van der Waals surface area (Å²) in [4.78, 5) is 22.6. The summed E-state index contributed by atoms with van der Waals surface area (Å²) in [5.41, 5.74) is 4.56. The minimum atomic E-state index is -1.07. The van der Waals surface area contributed by atoms with Crippen LogP contribution in [0, 0.1) is 5.92 Å². The van der Waals surface area contributed by atoms with Gasteiger partial charge < -0.3 is 20.0 Å². The van der Waals surface area contributed by atoms with Crippen LogP contribution in [0.3, 0.4) is 0 Å². The summed E-state index contributed by atoms with van der Waals surface area (Å²) in [6.07, 6.45) is 5.27. The number of esters is 1. The number of carbonyl (C=O) groups is 2. The van der Waals surface area contributed by atoms with Crippen molar-refractivity contribution < 1.29 is 19.4 Å². The topological polar surface area (TPSA) is 78.5 Å². The van der Waals surface area contributed by atoms with Crippen LogP contribution in [-0.2, 0) is 16.0 Å². The molecule has 1 aliphatic heterocycles. The first-order valence-corrected chi connectivity index (χ1v) is 9.01. The van der Waals surface area contributed by atoms with Gasteiger partial charge in [0.25, 0.3) is 0 Å². The van der Waals surface area contributed by atoms with Gasteiger partial charge in [0.2, 0.25) is 0 Å². The molecule has 5 heteroatoms. The zero-order chi connectivity index (χ0) is 19.0. The number of rotatable bonds is 4. The van der Waals surface area contributed by atoms with E-state index in [0.29, 0.717) is 11.5 Å². The van der Waals surface area contributed by atoms with Crippen molar-refractivity contribution in [1.29, 1.82) is 0 Å². The van der Waals surface area contributed by atoms with Crippen molar-refractivity contribution >= 4 is 17.6 Å². The normalized spacial score (nSPS) is 22.5. The van der Waals surface area contributed by atoms with Crippen LogP contribution in [0.15, 0.2) is 54.6 Å². The monoisotopic (exact) mass is 362 g/mol. The quantitative estimate of drug-likeness (QED) is 0.668. The number of ether oxygens (including phenoxy) is 1. The molecule has 27 heavy (non-hydrogen) atoms. The molecule has 2 aromatic rings. The molecule has 2 aromatic carbocycles. The summed E-state index contributed by atoms with van der Waals surface area (Å²) in [5, 5.41) is 14.5. The zero-order valence-corrected chi connectivity index (χ0v) is 15.0. The Hall–Kier alpha value is -3.08. The number of allylic oxidation sites excluding steroid dienone is 2. The van der Waals surface area contributed by atoms with Crippen molar-refractivity contribution in [2.45, 2.75) is 24.8 Å². The van der Waals surface area contributed by atoms with E-state index in [0.717, 1.165) is 28.8 Å². The van der Waals surface area contributed by atoms with E-state index in [2.05, 4.69) is 17.5 Å². The number of hydrogen-bond donors (Lipinski definition) is 1. The number of aliphatic carboxylic acids is 1. The number of carboxylic acids is 1. The van der Waals surface area contributed by atoms with Crippen LogP contribution in [0.4, 0.5) is 5.69 Å². The smallest absolute Gasteiger partial charge is 0.337 e. The van der Waals surface area contributed by atoms with Gasteiger partial charge in [-0.1, -0.05) is 36.4 Å². The Kier molecular flexibility index (Phi) is 4.44. The third kappa shape index (κ3) is 3.21. The second-order valence-electron chi connectivity index (χ2n) is 7.06. The van der Waals surface area contributed by atoms with E-state index < -0.39 is 5.97 Å². The fourth-order valence-electron chi connectivity index (χ4n) is 4.19. The van der Waals surface area contributed by atoms with Crippen LogP contribution >= 0.6 is 0 Å². The van der Waals surface area contributed by atoms with E-state index in [9.17, 15) is 14.7 Å². The Morgan fingerprint density at radius 2 is 1.96 bits per heavy atom. The van der Waals surface area contributed by atoms with E-state index in [-0.39, 0.29) is 24.3 Å². The minimum Gasteiger partial charge on any atom is -0.550 e. The molecule has 0 unspecified atom stereocenters.